The molecule has 4 nitrogen and oxygen atoms in total. The lowest BCUT2D eigenvalue weighted by atomic mass is 10.3. The predicted molar refractivity (Wildman–Crippen MR) is 47.8 cm³/mol. The van der Waals surface area contributed by atoms with Gasteiger partial charge in [0.15, 0.2) is 0 Å². The average molecular weight is 177 g/mol. The lowest BCUT2D eigenvalue weighted by Gasteiger charge is -2.16. The summed E-state index contributed by atoms with van der Waals surface area (Å²) in [5, 5.41) is 2.84. The van der Waals surface area contributed by atoms with Crippen molar-refractivity contribution in [3.63, 3.8) is 0 Å². The summed E-state index contributed by atoms with van der Waals surface area (Å²) in [6.45, 7) is 0.446. The monoisotopic (exact) mass is 177 g/mol. The molecule has 1 fully saturated rings. The summed E-state index contributed by atoms with van der Waals surface area (Å²) in [6.07, 6.45) is 1.67. The second kappa shape index (κ2) is 3.14. The van der Waals surface area contributed by atoms with Gasteiger partial charge in [0.05, 0.1) is 12.2 Å². The van der Waals surface area contributed by atoms with E-state index < -0.39 is 0 Å². The first-order chi connectivity index (χ1) is 6.27. The van der Waals surface area contributed by atoms with Crippen LogP contribution in [0.2, 0.25) is 0 Å². The Morgan fingerprint density at radius 2 is 2.46 bits per heavy atom. The number of carbonyl (C=O) groups is 1. The van der Waals surface area contributed by atoms with Crippen molar-refractivity contribution in [3.05, 3.63) is 30.1 Å². The van der Waals surface area contributed by atoms with Crippen LogP contribution < -0.4 is 5.32 Å². The molecule has 1 atom stereocenters. The fourth-order valence-electron chi connectivity index (χ4n) is 1.46. The number of pyridine rings is 1. The van der Waals surface area contributed by atoms with Crippen molar-refractivity contribution in [1.29, 1.82) is 0 Å². The Balaban J connectivity index is 2.23. The Morgan fingerprint density at radius 3 is 3.00 bits per heavy atom. The highest BCUT2D eigenvalue weighted by Crippen LogP contribution is 2.17. The van der Waals surface area contributed by atoms with E-state index in [1.54, 1.807) is 6.20 Å². The number of nitrogens with one attached hydrogen (secondary N) is 1. The van der Waals surface area contributed by atoms with Crippen molar-refractivity contribution < 1.29 is 4.79 Å². The van der Waals surface area contributed by atoms with Crippen LogP contribution in [0.3, 0.4) is 0 Å². The van der Waals surface area contributed by atoms with E-state index in [0.717, 1.165) is 5.69 Å². The van der Waals surface area contributed by atoms with Crippen molar-refractivity contribution in [2.75, 3.05) is 13.6 Å². The minimum Gasteiger partial charge on any atom is -0.334 e. The largest absolute Gasteiger partial charge is 0.334 e. The summed E-state index contributed by atoms with van der Waals surface area (Å²) in [6, 6.07) is 5.69. The SMILES string of the molecule is CN1CC(=O)NC1c1ccccn1. The van der Waals surface area contributed by atoms with Gasteiger partial charge in [0.1, 0.15) is 6.17 Å². The summed E-state index contributed by atoms with van der Waals surface area (Å²) >= 11 is 0. The van der Waals surface area contributed by atoms with Crippen LogP contribution in [0.25, 0.3) is 0 Å². The Kier molecular flexibility index (Phi) is 1.98. The van der Waals surface area contributed by atoms with Gasteiger partial charge in [-0.05, 0) is 19.2 Å². The second-order valence-electron chi connectivity index (χ2n) is 3.14. The van der Waals surface area contributed by atoms with E-state index in [-0.39, 0.29) is 12.1 Å². The minimum atomic E-state index is -0.0614. The van der Waals surface area contributed by atoms with E-state index in [0.29, 0.717) is 6.54 Å². The summed E-state index contributed by atoms with van der Waals surface area (Å²) in [5.74, 6) is 0.0538. The quantitative estimate of drug-likeness (QED) is 0.663. The van der Waals surface area contributed by atoms with Crippen LogP contribution in [-0.2, 0) is 4.79 Å². The molecule has 1 unspecified atom stereocenters. The van der Waals surface area contributed by atoms with Gasteiger partial charge in [-0.15, -0.1) is 0 Å². The number of hydrogen-bond donors (Lipinski definition) is 1. The zero-order valence-electron chi connectivity index (χ0n) is 7.40. The molecular formula is C9H11N3O. The molecule has 1 N–H and O–H groups in total. The van der Waals surface area contributed by atoms with E-state index in [1.165, 1.54) is 0 Å². The van der Waals surface area contributed by atoms with Crippen LogP contribution in [0, 0.1) is 0 Å². The third-order valence-corrected chi connectivity index (χ3v) is 2.10. The lowest BCUT2D eigenvalue weighted by Crippen LogP contribution is -2.25. The Morgan fingerprint density at radius 1 is 1.62 bits per heavy atom. The van der Waals surface area contributed by atoms with Gasteiger partial charge in [-0.25, -0.2) is 0 Å². The Hall–Kier alpha value is -1.42. The second-order valence-corrected chi connectivity index (χ2v) is 3.14. The molecule has 0 saturated carbocycles. The van der Waals surface area contributed by atoms with Crippen LogP contribution in [0.15, 0.2) is 24.4 Å². The highest BCUT2D eigenvalue weighted by molar-refractivity contribution is 5.80. The van der Waals surface area contributed by atoms with Gasteiger partial charge in [-0.2, -0.15) is 0 Å². The van der Waals surface area contributed by atoms with Crippen molar-refractivity contribution in [3.8, 4) is 0 Å². The van der Waals surface area contributed by atoms with Gasteiger partial charge >= 0.3 is 0 Å². The molecule has 4 heteroatoms. The van der Waals surface area contributed by atoms with Gasteiger partial charge in [-0.1, -0.05) is 6.07 Å². The Labute approximate surface area is 76.6 Å². The van der Waals surface area contributed by atoms with E-state index >= 15 is 0 Å². The van der Waals surface area contributed by atoms with Crippen LogP contribution in [0.1, 0.15) is 11.9 Å². The van der Waals surface area contributed by atoms with E-state index in [9.17, 15) is 4.79 Å². The normalized spacial score (nSPS) is 23.2. The molecule has 68 valence electrons. The van der Waals surface area contributed by atoms with E-state index in [2.05, 4.69) is 10.3 Å². The first-order valence-corrected chi connectivity index (χ1v) is 4.18. The lowest BCUT2D eigenvalue weighted by molar-refractivity contribution is -0.118. The van der Waals surface area contributed by atoms with Crippen molar-refractivity contribution >= 4 is 5.91 Å². The topological polar surface area (TPSA) is 45.2 Å². The molecular weight excluding hydrogens is 166 g/mol. The molecule has 0 aliphatic carbocycles. The molecule has 0 radical (unpaired) electrons. The van der Waals surface area contributed by atoms with Crippen LogP contribution >= 0.6 is 0 Å². The van der Waals surface area contributed by atoms with Crippen molar-refractivity contribution in [2.45, 2.75) is 6.17 Å². The number of amides is 1. The predicted octanol–water partition coefficient (Wildman–Crippen LogP) is 0.142. The van der Waals surface area contributed by atoms with Gasteiger partial charge in [0.25, 0.3) is 0 Å². The first kappa shape index (κ1) is 8.19. The summed E-state index contributed by atoms with van der Waals surface area (Å²) < 4.78 is 0. The third kappa shape index (κ3) is 1.53. The number of likely N-dealkylation sites (N-methyl/N-ethyl adjacent to an activating group) is 1. The minimum absolute atomic E-state index is 0.0538. The summed E-state index contributed by atoms with van der Waals surface area (Å²) in [4.78, 5) is 17.2. The summed E-state index contributed by atoms with van der Waals surface area (Å²) in [5.41, 5.74) is 0.885. The molecule has 0 bridgehead atoms. The smallest absolute Gasteiger partial charge is 0.235 e. The van der Waals surface area contributed by atoms with Crippen molar-refractivity contribution in [1.82, 2.24) is 15.2 Å². The van der Waals surface area contributed by atoms with Crippen molar-refractivity contribution in [2.24, 2.45) is 0 Å². The van der Waals surface area contributed by atoms with Gasteiger partial charge in [-0.3, -0.25) is 14.7 Å². The highest BCUT2D eigenvalue weighted by Gasteiger charge is 2.28. The van der Waals surface area contributed by atoms with Crippen LogP contribution in [0.5, 0.6) is 0 Å². The van der Waals surface area contributed by atoms with Gasteiger partial charge < -0.3 is 5.32 Å². The average Bonchev–Trinajstić information content (AvgIpc) is 2.47. The van der Waals surface area contributed by atoms with Crippen LogP contribution in [-0.4, -0.2) is 29.4 Å². The number of hydrogen-bond acceptors (Lipinski definition) is 3. The molecule has 1 amide bonds. The zero-order chi connectivity index (χ0) is 9.26. The maximum atomic E-state index is 11.1. The molecule has 1 aliphatic heterocycles. The maximum Gasteiger partial charge on any atom is 0.235 e. The molecule has 0 spiro atoms. The van der Waals surface area contributed by atoms with E-state index in [4.69, 9.17) is 0 Å². The molecule has 2 rings (SSSR count). The number of carbonyl (C=O) groups excluding carboxylic acids is 1. The van der Waals surface area contributed by atoms with Crippen LogP contribution in [0.4, 0.5) is 0 Å². The van der Waals surface area contributed by atoms with E-state index in [1.807, 2.05) is 30.1 Å². The maximum absolute atomic E-state index is 11.1. The molecule has 13 heavy (non-hydrogen) atoms. The molecule has 2 heterocycles. The first-order valence-electron chi connectivity index (χ1n) is 4.18. The van der Waals surface area contributed by atoms with Gasteiger partial charge in [0.2, 0.25) is 5.91 Å². The number of rotatable bonds is 1. The standard InChI is InChI=1S/C9H11N3O/c1-12-6-8(13)11-9(12)7-4-2-3-5-10-7/h2-5,9H,6H2,1H3,(H,11,13). The molecule has 0 aromatic carbocycles. The number of aromatic nitrogens is 1. The fourth-order valence-corrected chi connectivity index (χ4v) is 1.46. The fraction of sp³-hybridized carbons (Fsp3) is 0.333. The molecule has 1 saturated heterocycles. The van der Waals surface area contributed by atoms with Gasteiger partial charge in [0, 0.05) is 6.20 Å². The molecule has 1 aromatic heterocycles. The molecule has 1 aromatic rings. The zero-order valence-corrected chi connectivity index (χ0v) is 7.40. The highest BCUT2D eigenvalue weighted by atomic mass is 16.2. The third-order valence-electron chi connectivity index (χ3n) is 2.10. The molecule has 1 aliphatic rings. The summed E-state index contributed by atoms with van der Waals surface area (Å²) in [7, 11) is 1.90. The Bertz CT molecular complexity index is 312. The number of nitrogens with zero attached hydrogens (tertiary/aromatic N) is 2.